The van der Waals surface area contributed by atoms with Crippen LogP contribution in [-0.4, -0.2) is 146 Å². The molecule has 0 aromatic carbocycles. The van der Waals surface area contributed by atoms with Crippen molar-refractivity contribution in [3.05, 3.63) is 24.3 Å². The number of aliphatic carboxylic acids is 1. The van der Waals surface area contributed by atoms with Gasteiger partial charge in [0.1, 0.15) is 23.8 Å². The molecule has 0 amide bonds. The van der Waals surface area contributed by atoms with Crippen LogP contribution in [0.1, 0.15) is 111 Å². The van der Waals surface area contributed by atoms with Gasteiger partial charge in [-0.1, -0.05) is 40.9 Å². The Labute approximate surface area is 497 Å². The van der Waals surface area contributed by atoms with Gasteiger partial charge in [0.05, 0.1) is 51.3 Å². The molecule has 3 fully saturated rings. The van der Waals surface area contributed by atoms with Gasteiger partial charge in [-0.3, -0.25) is 41.7 Å². The van der Waals surface area contributed by atoms with E-state index in [-0.39, 0.29) is 189 Å². The Morgan fingerprint density at radius 1 is 0.857 bits per heavy atom. The average molecular weight is 1080 g/mol. The zero-order valence-corrected chi connectivity index (χ0v) is 50.1. The number of hydrogen-bond acceptors (Lipinski definition) is 20. The van der Waals surface area contributed by atoms with Crippen molar-refractivity contribution in [3.63, 3.8) is 0 Å². The molecule has 3 aliphatic heterocycles. The van der Waals surface area contributed by atoms with Gasteiger partial charge in [-0.2, -0.15) is 0 Å². The van der Waals surface area contributed by atoms with E-state index in [0.29, 0.717) is 31.8 Å². The maximum Gasteiger partial charge on any atom is 1.00 e. The Hall–Kier alpha value is -1.96. The molecule has 0 aliphatic carbocycles. The van der Waals surface area contributed by atoms with E-state index in [0.717, 1.165) is 20.3 Å². The van der Waals surface area contributed by atoms with Crippen LogP contribution in [0.3, 0.4) is 0 Å². The van der Waals surface area contributed by atoms with Crippen molar-refractivity contribution in [2.75, 3.05) is 46.8 Å². The molecule has 7 atom stereocenters. The number of cyclic esters (lactones) is 3. The first-order chi connectivity index (χ1) is 31.2. The molecule has 3 aliphatic rings. The summed E-state index contributed by atoms with van der Waals surface area (Å²) in [5.74, 6) is -2.55. The molecule has 70 heavy (non-hydrogen) atoms. The third kappa shape index (κ3) is 52.4. The zero-order valence-electron chi connectivity index (χ0n) is 44.8. The molecule has 3 saturated heterocycles. The predicted octanol–water partition coefficient (Wildman–Crippen LogP) is -2.59. The summed E-state index contributed by atoms with van der Waals surface area (Å²) in [6, 6.07) is 0. The van der Waals surface area contributed by atoms with Gasteiger partial charge in [0.2, 0.25) is 0 Å². The van der Waals surface area contributed by atoms with Gasteiger partial charge in [0, 0.05) is 62.1 Å². The van der Waals surface area contributed by atoms with Gasteiger partial charge in [-0.15, -0.1) is 0 Å². The normalized spacial score (nSPS) is 21.2. The summed E-state index contributed by atoms with van der Waals surface area (Å²) in [7, 11) is -2.67. The fourth-order valence-electron chi connectivity index (χ4n) is 3.82. The van der Waals surface area contributed by atoms with Crippen LogP contribution >= 0.6 is 0 Å². The maximum atomic E-state index is 11.4. The molecular formula is C43H76BF3K2O21. The SMILES string of the molecule is C=C(C)C(=O)O.C=C(C)C(=O)OC1(C)CC(=O)OCC1C.C=O.CC(=O)C(C)CO.CC(=O)OCC(C)C1(C)CC(=O)O1.CC1COC(=O)CC1(C)O.CCOCC.CO.FB(F)F.O=CO[O-].[H-].[K+].[K+]. The van der Waals surface area contributed by atoms with Crippen molar-refractivity contribution < 1.29 is 219 Å². The molecule has 400 valence electrons. The second-order valence-electron chi connectivity index (χ2n) is 15.0. The Morgan fingerprint density at radius 2 is 1.23 bits per heavy atom. The summed E-state index contributed by atoms with van der Waals surface area (Å²) in [5, 5.41) is 41.1. The van der Waals surface area contributed by atoms with E-state index in [9.17, 15) is 51.6 Å². The number of aliphatic hydroxyl groups excluding tert-OH is 2. The molecule has 0 aromatic rings. The minimum absolute atomic E-state index is 0. The first kappa shape index (κ1) is 87.7. The second kappa shape index (κ2) is 51.9. The Balaban J connectivity index is -0.0000000767. The number of aliphatic hydroxyl groups is 3. The Morgan fingerprint density at radius 3 is 1.46 bits per heavy atom. The van der Waals surface area contributed by atoms with Crippen LogP contribution in [0.2, 0.25) is 0 Å². The summed E-state index contributed by atoms with van der Waals surface area (Å²) in [6.45, 7) is 33.5. The topological polar surface area (TPSA) is 322 Å². The fourth-order valence-corrected chi connectivity index (χ4v) is 3.82. The predicted molar refractivity (Wildman–Crippen MR) is 238 cm³/mol. The van der Waals surface area contributed by atoms with E-state index < -0.39 is 36.3 Å². The van der Waals surface area contributed by atoms with Crippen LogP contribution in [0, 0.1) is 23.7 Å². The summed E-state index contributed by atoms with van der Waals surface area (Å²) < 4.78 is 58.5. The first-order valence-electron chi connectivity index (χ1n) is 20.4. The van der Waals surface area contributed by atoms with Crippen molar-refractivity contribution in [1.29, 1.82) is 0 Å². The monoisotopic (exact) mass is 1070 g/mol. The van der Waals surface area contributed by atoms with Gasteiger partial charge in [-0.25, -0.2) is 9.59 Å². The second-order valence-corrected chi connectivity index (χ2v) is 15.0. The summed E-state index contributed by atoms with van der Waals surface area (Å²) in [5.41, 5.74) is -1.56. The van der Waals surface area contributed by atoms with Crippen molar-refractivity contribution in [2.24, 2.45) is 23.7 Å². The molecule has 3 heterocycles. The van der Waals surface area contributed by atoms with Crippen LogP contribution in [0.4, 0.5) is 12.9 Å². The third-order valence-electron chi connectivity index (χ3n) is 8.97. The molecule has 0 bridgehead atoms. The minimum Gasteiger partial charge on any atom is -1.00 e. The van der Waals surface area contributed by atoms with Crippen LogP contribution in [0.15, 0.2) is 24.3 Å². The Kier molecular flexibility index (Phi) is 65.1. The van der Waals surface area contributed by atoms with Crippen molar-refractivity contribution in [2.45, 2.75) is 126 Å². The summed E-state index contributed by atoms with van der Waals surface area (Å²) in [6.07, 6.45) is 0.636. The number of rotatable bonds is 11. The first-order valence-corrected chi connectivity index (χ1v) is 20.4. The number of esters is 5. The molecule has 4 N–H and O–H groups in total. The number of carboxylic acid groups (broad SMARTS) is 1. The standard InChI is InChI=1S/C11H16O4.C9H14O4.C7H12O3.C5H10O2.C4H6O2.C4H10O.CH2O3.CH4O.CH2O.BF3.2K.H/c1-7(2)10(13)15-11(4)5-9(12)14-6-8(11)3;1-6(5-12-7(2)10)9(3)4-8(11)13-9;1-5-4-10-6(8)3-7(5,2)9;1-4(3-6)5(2)7;1-3(2)4(5)6;1-3-5-4-2;2-1-4-3;2*1-2;2-1(3)4;;;/h8H,1,5-6H2,2-4H3;6H,4-5H2,1-3H3;5,9H,3-4H2,1-2H3;4,6H,3H2,1-2H3;1H2,2H3,(H,5,6);3-4H2,1-2H3;1,3H;2H,1H3;1H2;;;;/q;;;;;;;;;;2*+1;-1/p-1. The number of carbonyl (C=O) groups is 9. The zero-order chi connectivity index (χ0) is 55.6. The van der Waals surface area contributed by atoms with Crippen LogP contribution in [0.25, 0.3) is 0 Å². The summed E-state index contributed by atoms with van der Waals surface area (Å²) in [4.78, 5) is 93.4. The minimum atomic E-state index is -3.67. The molecule has 0 radical (unpaired) electrons. The molecule has 21 nitrogen and oxygen atoms in total. The number of hydrogen-bond donors (Lipinski definition) is 4. The number of carbonyl (C=O) groups excluding carboxylic acids is 8. The van der Waals surface area contributed by atoms with Crippen molar-refractivity contribution in [1.82, 2.24) is 0 Å². The fraction of sp³-hybridized carbons (Fsp3) is 0.698. The molecule has 0 spiro atoms. The number of ketones is 1. The van der Waals surface area contributed by atoms with Gasteiger partial charge < -0.3 is 65.2 Å². The van der Waals surface area contributed by atoms with Crippen LogP contribution in [0.5, 0.6) is 0 Å². The average Bonchev–Trinajstić information content (AvgIpc) is 3.24. The van der Waals surface area contributed by atoms with E-state index in [1.54, 1.807) is 27.7 Å². The number of carboxylic acids is 1. The number of Topliss-reactive ketones (excluding diaryl/α,β-unsaturated/α-hetero) is 1. The van der Waals surface area contributed by atoms with E-state index in [1.807, 2.05) is 48.3 Å². The number of halogens is 3. The molecule has 0 aromatic heterocycles. The van der Waals surface area contributed by atoms with E-state index >= 15 is 0 Å². The summed E-state index contributed by atoms with van der Waals surface area (Å²) >= 11 is 0. The van der Waals surface area contributed by atoms with E-state index in [4.69, 9.17) is 58.6 Å². The molecular weight excluding hydrogens is 998 g/mol. The van der Waals surface area contributed by atoms with Gasteiger partial charge in [-0.05, 0) is 55.4 Å². The Bertz CT molecular complexity index is 1480. The molecule has 7 unspecified atom stereocenters. The largest absolute Gasteiger partial charge is 1.00 e. The van der Waals surface area contributed by atoms with Crippen LogP contribution in [-0.2, 0) is 76.5 Å². The smallest absolute Gasteiger partial charge is 1.00 e. The van der Waals surface area contributed by atoms with Crippen molar-refractivity contribution >= 4 is 62.4 Å². The molecule has 27 heteroatoms. The van der Waals surface area contributed by atoms with Gasteiger partial charge >= 0.3 is 146 Å². The molecule has 0 saturated carbocycles. The maximum absolute atomic E-state index is 11.4. The number of ether oxygens (including phenoxy) is 6. The van der Waals surface area contributed by atoms with Crippen molar-refractivity contribution in [3.8, 4) is 0 Å². The van der Waals surface area contributed by atoms with E-state index in [2.05, 4.69) is 18.0 Å². The van der Waals surface area contributed by atoms with Gasteiger partial charge in [0.25, 0.3) is 6.47 Å². The van der Waals surface area contributed by atoms with Crippen LogP contribution < -0.4 is 108 Å². The third-order valence-corrected chi connectivity index (χ3v) is 8.97. The quantitative estimate of drug-likeness (QED) is 0.0314. The molecule has 3 rings (SSSR count). The van der Waals surface area contributed by atoms with E-state index in [1.165, 1.54) is 20.8 Å². The van der Waals surface area contributed by atoms with Gasteiger partial charge in [0.15, 0.2) is 0 Å².